The Bertz CT molecular complexity index is 1470. The standard InChI is InChI=1S/C33H41FN4O8/c1-32(2,3)46-30(43)35-25-11-9-7-5-4-6-8-10-22-16-33(22,29(41)42)36-27(39)26-15-24(19-38(26)28(25)40)45-31(44)37-17-20-12-13-23(34)14-21(20)18-37/h6,10,12-14,22,24-26H,4-5,7,9,11,15-19H2,1-3H3,(H,35,43)(H,36,39)(H,41,42)/t8?,22-,24-,25+,26+,33-/m1/s1. The summed E-state index contributed by atoms with van der Waals surface area (Å²) < 4.78 is 24.9. The molecular weight excluding hydrogens is 599 g/mol. The molecule has 1 aliphatic carbocycles. The van der Waals surface area contributed by atoms with Crippen molar-refractivity contribution in [1.29, 1.82) is 0 Å². The van der Waals surface area contributed by atoms with Crippen molar-refractivity contribution in [2.24, 2.45) is 5.92 Å². The first-order valence-corrected chi connectivity index (χ1v) is 15.7. The number of alkyl carbamates (subject to hydrolysis) is 1. The first kappa shape index (κ1) is 33.0. The van der Waals surface area contributed by atoms with Gasteiger partial charge in [0.15, 0.2) is 0 Å². The maximum Gasteiger partial charge on any atom is 0.410 e. The summed E-state index contributed by atoms with van der Waals surface area (Å²) >= 11 is 0. The summed E-state index contributed by atoms with van der Waals surface area (Å²) in [6, 6.07) is 2.11. The summed E-state index contributed by atoms with van der Waals surface area (Å²) in [7, 11) is 0. The maximum atomic E-state index is 14.1. The molecule has 3 aliphatic heterocycles. The number of carbonyl (C=O) groups excluding carboxylic acids is 4. The monoisotopic (exact) mass is 640 g/mol. The van der Waals surface area contributed by atoms with E-state index >= 15 is 0 Å². The number of nitrogens with one attached hydrogen (secondary N) is 2. The number of rotatable bonds is 3. The van der Waals surface area contributed by atoms with Gasteiger partial charge in [0.05, 0.1) is 6.54 Å². The lowest BCUT2D eigenvalue weighted by Crippen LogP contribution is -2.56. The van der Waals surface area contributed by atoms with Gasteiger partial charge in [-0.3, -0.25) is 14.5 Å². The van der Waals surface area contributed by atoms with Gasteiger partial charge in [0.1, 0.15) is 35.1 Å². The van der Waals surface area contributed by atoms with Crippen LogP contribution in [0.2, 0.25) is 0 Å². The number of nitrogens with zero attached hydrogens (tertiary/aromatic N) is 2. The smallest absolute Gasteiger partial charge is 0.410 e. The fraction of sp³-hybridized carbons (Fsp3) is 0.576. The van der Waals surface area contributed by atoms with Crippen LogP contribution in [0.4, 0.5) is 14.0 Å². The minimum absolute atomic E-state index is 0.0754. The van der Waals surface area contributed by atoms with Crippen LogP contribution >= 0.6 is 0 Å². The second-order valence-corrected chi connectivity index (χ2v) is 13.5. The molecular formula is C33H41FN4O8. The normalized spacial score (nSPS) is 28.1. The van der Waals surface area contributed by atoms with Crippen molar-refractivity contribution >= 4 is 30.0 Å². The van der Waals surface area contributed by atoms with Gasteiger partial charge in [-0.1, -0.05) is 18.9 Å². The summed E-state index contributed by atoms with van der Waals surface area (Å²) in [6.07, 6.45) is 4.36. The number of halogens is 1. The number of fused-ring (bicyclic) bond motifs is 3. The molecule has 3 N–H and O–H groups in total. The van der Waals surface area contributed by atoms with Gasteiger partial charge in [0.25, 0.3) is 0 Å². The Morgan fingerprint density at radius 2 is 1.89 bits per heavy atom. The van der Waals surface area contributed by atoms with E-state index in [1.54, 1.807) is 32.9 Å². The van der Waals surface area contributed by atoms with Crippen molar-refractivity contribution in [2.75, 3.05) is 6.54 Å². The average molecular weight is 641 g/mol. The number of carboxylic acids is 1. The predicted octanol–water partition coefficient (Wildman–Crippen LogP) is 3.78. The number of hydrogen-bond acceptors (Lipinski definition) is 7. The molecule has 2 fully saturated rings. The lowest BCUT2D eigenvalue weighted by molar-refractivity contribution is -0.145. The Balaban J connectivity index is 1.38. The number of hydrogen-bond donors (Lipinski definition) is 3. The van der Waals surface area contributed by atoms with E-state index in [2.05, 4.69) is 16.4 Å². The van der Waals surface area contributed by atoms with Crippen molar-refractivity contribution < 1.29 is 42.9 Å². The minimum atomic E-state index is -1.54. The van der Waals surface area contributed by atoms with Crippen LogP contribution in [0.5, 0.6) is 0 Å². The molecule has 0 bridgehead atoms. The fourth-order valence-corrected chi connectivity index (χ4v) is 6.27. The van der Waals surface area contributed by atoms with Crippen molar-refractivity contribution in [1.82, 2.24) is 20.4 Å². The number of ether oxygens (including phenoxy) is 2. The van der Waals surface area contributed by atoms with Crippen molar-refractivity contribution in [3.63, 3.8) is 0 Å². The lowest BCUT2D eigenvalue weighted by atomic mass is 10.0. The molecule has 248 valence electrons. The second kappa shape index (κ2) is 13.2. The van der Waals surface area contributed by atoms with Crippen LogP contribution in [0.25, 0.3) is 0 Å². The molecule has 0 spiro atoms. The molecule has 0 radical (unpaired) electrons. The molecule has 46 heavy (non-hydrogen) atoms. The van der Waals surface area contributed by atoms with Gasteiger partial charge in [-0.25, -0.2) is 18.8 Å². The number of carbonyl (C=O) groups is 5. The minimum Gasteiger partial charge on any atom is -0.479 e. The average Bonchev–Trinajstić information content (AvgIpc) is 3.28. The number of amides is 4. The van der Waals surface area contributed by atoms with Gasteiger partial charge in [0, 0.05) is 25.4 Å². The Hall–Kier alpha value is -4.38. The van der Waals surface area contributed by atoms with Crippen LogP contribution in [0.3, 0.4) is 0 Å². The zero-order valence-corrected chi connectivity index (χ0v) is 26.3. The Morgan fingerprint density at radius 1 is 1.13 bits per heavy atom. The quantitative estimate of drug-likeness (QED) is 0.422. The van der Waals surface area contributed by atoms with Gasteiger partial charge in [0.2, 0.25) is 11.8 Å². The molecule has 1 aromatic carbocycles. The molecule has 0 unspecified atom stereocenters. The maximum absolute atomic E-state index is 14.1. The van der Waals surface area contributed by atoms with E-state index in [1.807, 2.05) is 6.08 Å². The van der Waals surface area contributed by atoms with Crippen molar-refractivity contribution in [3.8, 4) is 0 Å². The Labute approximate surface area is 266 Å². The topological polar surface area (TPSA) is 155 Å². The Morgan fingerprint density at radius 3 is 2.63 bits per heavy atom. The van der Waals surface area contributed by atoms with Gasteiger partial charge in [-0.05, 0) is 81.9 Å². The number of carboxylic acid groups (broad SMARTS) is 1. The van der Waals surface area contributed by atoms with Gasteiger partial charge in [-0.2, -0.15) is 0 Å². The highest BCUT2D eigenvalue weighted by Gasteiger charge is 2.61. The molecule has 12 nitrogen and oxygen atoms in total. The van der Waals surface area contributed by atoms with Gasteiger partial charge >= 0.3 is 18.2 Å². The van der Waals surface area contributed by atoms with E-state index in [4.69, 9.17) is 9.47 Å². The predicted molar refractivity (Wildman–Crippen MR) is 162 cm³/mol. The molecule has 13 heteroatoms. The zero-order chi connectivity index (χ0) is 33.2. The van der Waals surface area contributed by atoms with Gasteiger partial charge < -0.3 is 30.1 Å². The molecule has 3 heterocycles. The highest BCUT2D eigenvalue weighted by Crippen LogP contribution is 2.45. The first-order valence-electron chi connectivity index (χ1n) is 15.7. The van der Waals surface area contributed by atoms with Crippen LogP contribution in [0.1, 0.15) is 76.8 Å². The Kier molecular flexibility index (Phi) is 9.44. The van der Waals surface area contributed by atoms with E-state index in [0.717, 1.165) is 18.4 Å². The highest BCUT2D eigenvalue weighted by molar-refractivity contribution is 5.96. The van der Waals surface area contributed by atoms with Crippen LogP contribution in [-0.4, -0.2) is 80.7 Å². The summed E-state index contributed by atoms with van der Waals surface area (Å²) in [5.74, 6) is -3.33. The first-order chi connectivity index (χ1) is 21.8. The van der Waals surface area contributed by atoms with E-state index in [-0.39, 0.29) is 38.9 Å². The third kappa shape index (κ3) is 7.52. The van der Waals surface area contributed by atoms with Crippen LogP contribution < -0.4 is 10.6 Å². The fourth-order valence-electron chi connectivity index (χ4n) is 6.27. The van der Waals surface area contributed by atoms with Crippen LogP contribution in [0, 0.1) is 11.7 Å². The van der Waals surface area contributed by atoms with Crippen LogP contribution in [0.15, 0.2) is 36.1 Å². The van der Waals surface area contributed by atoms with E-state index < -0.39 is 71.0 Å². The second-order valence-electron chi connectivity index (χ2n) is 13.5. The third-order valence-corrected chi connectivity index (χ3v) is 8.75. The molecule has 1 saturated heterocycles. The largest absolute Gasteiger partial charge is 0.479 e. The summed E-state index contributed by atoms with van der Waals surface area (Å²) in [5, 5.41) is 15.4. The number of aliphatic carboxylic acids is 1. The van der Waals surface area contributed by atoms with E-state index in [9.17, 15) is 33.5 Å². The lowest BCUT2D eigenvalue weighted by Gasteiger charge is -2.30. The third-order valence-electron chi connectivity index (χ3n) is 8.75. The molecule has 4 amide bonds. The van der Waals surface area contributed by atoms with Crippen molar-refractivity contribution in [3.05, 3.63) is 53.0 Å². The van der Waals surface area contributed by atoms with E-state index in [0.29, 0.717) is 18.4 Å². The highest BCUT2D eigenvalue weighted by atomic mass is 19.1. The zero-order valence-electron chi connectivity index (χ0n) is 26.3. The molecule has 1 aromatic rings. The molecule has 0 aromatic heterocycles. The van der Waals surface area contributed by atoms with Crippen LogP contribution in [-0.2, 0) is 36.9 Å². The SMILES string of the molecule is CC(C)(C)OC(=O)N[C@H]1CCCCCC=C=C[C@@H]2C[C@@]2(C(=O)O)NC(=O)[C@@H]2C[C@@H](OC(=O)N3Cc4ccc(F)cc4C3)CN2C1=O. The summed E-state index contributed by atoms with van der Waals surface area (Å²) in [6.45, 7) is 5.34. The molecule has 4 aliphatic rings. The molecule has 1 saturated carbocycles. The summed E-state index contributed by atoms with van der Waals surface area (Å²) in [5.41, 5.74) is 2.15. The number of benzene rings is 1. The molecule has 5 rings (SSSR count). The summed E-state index contributed by atoms with van der Waals surface area (Å²) in [4.78, 5) is 68.8. The van der Waals surface area contributed by atoms with E-state index in [1.165, 1.54) is 21.9 Å². The van der Waals surface area contributed by atoms with Gasteiger partial charge in [-0.15, -0.1) is 5.73 Å². The molecule has 5 atom stereocenters. The van der Waals surface area contributed by atoms with Crippen molar-refractivity contribution in [2.45, 2.75) is 108 Å².